The van der Waals surface area contributed by atoms with Gasteiger partial charge in [0.05, 0.1) is 11.3 Å². The maximum Gasteiger partial charge on any atom is 0.175 e. The molecule has 0 aromatic heterocycles. The molecule has 0 aliphatic rings. The van der Waals surface area contributed by atoms with Crippen LogP contribution in [0.15, 0.2) is 24.3 Å². The van der Waals surface area contributed by atoms with E-state index in [-0.39, 0.29) is 11.3 Å². The first-order valence-corrected chi connectivity index (χ1v) is 6.62. The van der Waals surface area contributed by atoms with E-state index in [0.717, 1.165) is 12.2 Å². The molecule has 1 nitrogen and oxygen atoms in total. The third-order valence-corrected chi connectivity index (χ3v) is 3.24. The predicted octanol–water partition coefficient (Wildman–Crippen LogP) is 3.79. The van der Waals surface area contributed by atoms with Gasteiger partial charge >= 0.3 is 0 Å². The third-order valence-electron chi connectivity index (χ3n) is 2.25. The Morgan fingerprint density at radius 3 is 2.69 bits per heavy atom. The largest absolute Gasteiger partial charge is 0.293 e. The van der Waals surface area contributed by atoms with Crippen LogP contribution in [-0.4, -0.2) is 17.3 Å². The molecule has 1 rings (SSSR count). The molecule has 0 aliphatic carbocycles. The Morgan fingerprint density at radius 1 is 1.38 bits per heavy atom. The first-order chi connectivity index (χ1) is 7.61. The fraction of sp³-hybridized carbons (Fsp3) is 0.462. The van der Waals surface area contributed by atoms with E-state index in [4.69, 9.17) is 0 Å². The first kappa shape index (κ1) is 13.2. The van der Waals surface area contributed by atoms with Crippen molar-refractivity contribution in [1.29, 1.82) is 0 Å². The van der Waals surface area contributed by atoms with Gasteiger partial charge in [-0.3, -0.25) is 4.79 Å². The molecule has 3 heteroatoms. The topological polar surface area (TPSA) is 17.1 Å². The number of benzene rings is 1. The highest BCUT2D eigenvalue weighted by Crippen LogP contribution is 2.13. The number of Topliss-reactive ketones (excluding diaryl/α,β-unsaturated/α-hetero) is 1. The van der Waals surface area contributed by atoms with Crippen LogP contribution < -0.4 is 0 Å². The van der Waals surface area contributed by atoms with E-state index >= 15 is 0 Å². The summed E-state index contributed by atoms with van der Waals surface area (Å²) in [7, 11) is 0. The molecule has 0 saturated carbocycles. The van der Waals surface area contributed by atoms with E-state index in [9.17, 15) is 9.18 Å². The van der Waals surface area contributed by atoms with Crippen molar-refractivity contribution in [3.63, 3.8) is 0 Å². The molecule has 0 spiro atoms. The summed E-state index contributed by atoms with van der Waals surface area (Å²) in [5.74, 6) is 1.44. The molecule has 88 valence electrons. The number of rotatable bonds is 6. The van der Waals surface area contributed by atoms with Crippen LogP contribution in [0.2, 0.25) is 0 Å². The number of hydrogen-bond acceptors (Lipinski definition) is 2. The van der Waals surface area contributed by atoms with Gasteiger partial charge in [-0.15, -0.1) is 0 Å². The summed E-state index contributed by atoms with van der Waals surface area (Å²) < 4.78 is 13.2. The maximum atomic E-state index is 13.2. The summed E-state index contributed by atoms with van der Waals surface area (Å²) >= 11 is 1.58. The fourth-order valence-corrected chi connectivity index (χ4v) is 2.37. The second kappa shape index (κ2) is 6.69. The minimum Gasteiger partial charge on any atom is -0.293 e. The van der Waals surface area contributed by atoms with Crippen molar-refractivity contribution in [3.8, 4) is 0 Å². The SMILES string of the molecule is CC(C)CCSCC(=O)c1ccccc1F. The summed E-state index contributed by atoms with van der Waals surface area (Å²) in [5.41, 5.74) is 0.208. The van der Waals surface area contributed by atoms with E-state index in [1.807, 2.05) is 0 Å². The van der Waals surface area contributed by atoms with E-state index in [2.05, 4.69) is 13.8 Å². The molecule has 0 fully saturated rings. The average Bonchev–Trinajstić information content (AvgIpc) is 2.24. The molecule has 0 radical (unpaired) electrons. The van der Waals surface area contributed by atoms with Crippen LogP contribution in [0.4, 0.5) is 4.39 Å². The Kier molecular flexibility index (Phi) is 5.53. The van der Waals surface area contributed by atoms with Crippen molar-refractivity contribution in [1.82, 2.24) is 0 Å². The van der Waals surface area contributed by atoms with Crippen molar-refractivity contribution >= 4 is 17.5 Å². The van der Waals surface area contributed by atoms with E-state index in [0.29, 0.717) is 11.7 Å². The van der Waals surface area contributed by atoms with Gasteiger partial charge in [0, 0.05) is 0 Å². The lowest BCUT2D eigenvalue weighted by molar-refractivity contribution is 0.101. The predicted molar refractivity (Wildman–Crippen MR) is 67.5 cm³/mol. The Hall–Kier alpha value is -0.830. The van der Waals surface area contributed by atoms with Gasteiger partial charge in [-0.05, 0) is 30.2 Å². The molecular weight excluding hydrogens is 223 g/mol. The van der Waals surface area contributed by atoms with E-state index in [1.165, 1.54) is 6.07 Å². The average molecular weight is 240 g/mol. The Labute approximate surface area is 100 Å². The molecule has 0 amide bonds. The molecule has 0 N–H and O–H groups in total. The van der Waals surface area contributed by atoms with Crippen molar-refractivity contribution in [2.75, 3.05) is 11.5 Å². The van der Waals surface area contributed by atoms with E-state index in [1.54, 1.807) is 30.0 Å². The number of carbonyl (C=O) groups is 1. The second-order valence-corrected chi connectivity index (χ2v) is 5.24. The standard InChI is InChI=1S/C13H17FOS/c1-10(2)7-8-16-9-13(15)11-5-3-4-6-12(11)14/h3-6,10H,7-9H2,1-2H3. The lowest BCUT2D eigenvalue weighted by Crippen LogP contribution is -2.06. The van der Waals surface area contributed by atoms with Crippen LogP contribution in [0.25, 0.3) is 0 Å². The zero-order valence-corrected chi connectivity index (χ0v) is 10.5. The second-order valence-electron chi connectivity index (χ2n) is 4.14. The highest BCUT2D eigenvalue weighted by molar-refractivity contribution is 7.99. The smallest absolute Gasteiger partial charge is 0.175 e. The summed E-state index contributed by atoms with van der Waals surface area (Å²) in [6, 6.07) is 6.15. The van der Waals surface area contributed by atoms with Crippen LogP contribution in [-0.2, 0) is 0 Å². The molecule has 0 aliphatic heterocycles. The molecular formula is C13H17FOS. The Balaban J connectivity index is 2.39. The quantitative estimate of drug-likeness (QED) is 0.556. The van der Waals surface area contributed by atoms with Crippen molar-refractivity contribution in [2.45, 2.75) is 20.3 Å². The highest BCUT2D eigenvalue weighted by atomic mass is 32.2. The van der Waals surface area contributed by atoms with Crippen molar-refractivity contribution in [2.24, 2.45) is 5.92 Å². The third kappa shape index (κ3) is 4.35. The van der Waals surface area contributed by atoms with Gasteiger partial charge in [0.25, 0.3) is 0 Å². The van der Waals surface area contributed by atoms with Gasteiger partial charge in [0.1, 0.15) is 5.82 Å². The molecule has 0 unspecified atom stereocenters. The summed E-state index contributed by atoms with van der Waals surface area (Å²) in [5, 5.41) is 0. The lowest BCUT2D eigenvalue weighted by Gasteiger charge is -2.04. The van der Waals surface area contributed by atoms with Gasteiger partial charge in [-0.25, -0.2) is 4.39 Å². The number of carbonyl (C=O) groups excluding carboxylic acids is 1. The van der Waals surface area contributed by atoms with Gasteiger partial charge < -0.3 is 0 Å². The number of hydrogen-bond donors (Lipinski definition) is 0. The molecule has 0 saturated heterocycles. The maximum absolute atomic E-state index is 13.2. The summed E-state index contributed by atoms with van der Waals surface area (Å²) in [4.78, 5) is 11.6. The van der Waals surface area contributed by atoms with Crippen molar-refractivity contribution in [3.05, 3.63) is 35.6 Å². The molecule has 1 aromatic carbocycles. The van der Waals surface area contributed by atoms with Crippen LogP contribution >= 0.6 is 11.8 Å². The molecule has 1 aromatic rings. The van der Waals surface area contributed by atoms with Crippen LogP contribution in [0.3, 0.4) is 0 Å². The Morgan fingerprint density at radius 2 is 2.06 bits per heavy atom. The monoisotopic (exact) mass is 240 g/mol. The zero-order chi connectivity index (χ0) is 12.0. The zero-order valence-electron chi connectivity index (χ0n) is 9.70. The van der Waals surface area contributed by atoms with Gasteiger partial charge in [-0.2, -0.15) is 11.8 Å². The molecule has 0 heterocycles. The summed E-state index contributed by atoms with van der Waals surface area (Å²) in [6.07, 6.45) is 1.09. The fourth-order valence-electron chi connectivity index (χ4n) is 1.25. The van der Waals surface area contributed by atoms with Gasteiger partial charge in [0.2, 0.25) is 0 Å². The van der Waals surface area contributed by atoms with E-state index < -0.39 is 5.82 Å². The first-order valence-electron chi connectivity index (χ1n) is 5.46. The minimum absolute atomic E-state index is 0.119. The lowest BCUT2D eigenvalue weighted by atomic mass is 10.1. The normalized spacial score (nSPS) is 10.8. The van der Waals surface area contributed by atoms with Gasteiger partial charge in [0.15, 0.2) is 5.78 Å². The summed E-state index contributed by atoms with van der Waals surface area (Å²) in [6.45, 7) is 4.30. The van der Waals surface area contributed by atoms with Crippen LogP contribution in [0.5, 0.6) is 0 Å². The van der Waals surface area contributed by atoms with Crippen LogP contribution in [0, 0.1) is 11.7 Å². The molecule has 0 atom stereocenters. The van der Waals surface area contributed by atoms with Crippen LogP contribution in [0.1, 0.15) is 30.6 Å². The van der Waals surface area contributed by atoms with Crippen molar-refractivity contribution < 1.29 is 9.18 Å². The van der Waals surface area contributed by atoms with Gasteiger partial charge in [-0.1, -0.05) is 26.0 Å². The number of ketones is 1. The number of halogens is 1. The highest BCUT2D eigenvalue weighted by Gasteiger charge is 2.10. The minimum atomic E-state index is -0.419. The Bertz CT molecular complexity index is 350. The molecule has 16 heavy (non-hydrogen) atoms. The molecule has 0 bridgehead atoms. The number of thioether (sulfide) groups is 1.